The molecule has 0 radical (unpaired) electrons. The van der Waals surface area contributed by atoms with Gasteiger partial charge in [0.2, 0.25) is 0 Å². The van der Waals surface area contributed by atoms with Crippen molar-refractivity contribution >= 4 is 23.5 Å². The van der Waals surface area contributed by atoms with Crippen LogP contribution in [-0.4, -0.2) is 25.0 Å². The summed E-state index contributed by atoms with van der Waals surface area (Å²) in [6, 6.07) is 21.6. The first-order valence-electron chi connectivity index (χ1n) is 10.4. The average Bonchev–Trinajstić information content (AvgIpc) is 3.11. The number of Topliss-reactive ketones (excluding diaryl/α,β-unsaturated/α-hetero) is 1. The molecule has 1 amide bonds. The molecule has 4 nitrogen and oxygen atoms in total. The third-order valence-electron chi connectivity index (χ3n) is 5.44. The quantitative estimate of drug-likeness (QED) is 0.307. The summed E-state index contributed by atoms with van der Waals surface area (Å²) >= 11 is 6.10. The molecule has 1 aliphatic carbocycles. The Balaban J connectivity index is 1.28. The van der Waals surface area contributed by atoms with Crippen LogP contribution in [0, 0.1) is 11.8 Å². The van der Waals surface area contributed by atoms with Crippen molar-refractivity contribution in [3.63, 3.8) is 0 Å². The summed E-state index contributed by atoms with van der Waals surface area (Å²) in [6.45, 7) is 2.14. The maximum Gasteiger partial charge on any atom is 0.407 e. The van der Waals surface area contributed by atoms with E-state index in [2.05, 4.69) is 41.4 Å². The predicted octanol–water partition coefficient (Wildman–Crippen LogP) is 5.82. The summed E-state index contributed by atoms with van der Waals surface area (Å²) in [7, 11) is 0. The highest BCUT2D eigenvalue weighted by atomic mass is 35.5. The molecule has 0 saturated carbocycles. The van der Waals surface area contributed by atoms with E-state index >= 15 is 0 Å². The van der Waals surface area contributed by atoms with Gasteiger partial charge in [0.25, 0.3) is 0 Å². The van der Waals surface area contributed by atoms with Gasteiger partial charge in [-0.1, -0.05) is 72.0 Å². The topological polar surface area (TPSA) is 55.4 Å². The lowest BCUT2D eigenvalue weighted by Gasteiger charge is -2.14. The second kappa shape index (κ2) is 9.72. The van der Waals surface area contributed by atoms with Crippen molar-refractivity contribution < 1.29 is 14.3 Å². The third kappa shape index (κ3) is 4.69. The van der Waals surface area contributed by atoms with Gasteiger partial charge in [-0.2, -0.15) is 0 Å². The van der Waals surface area contributed by atoms with Crippen LogP contribution in [0.1, 0.15) is 46.3 Å². The fourth-order valence-corrected chi connectivity index (χ4v) is 4.23. The van der Waals surface area contributed by atoms with Crippen molar-refractivity contribution in [2.24, 2.45) is 0 Å². The van der Waals surface area contributed by atoms with Crippen LogP contribution in [0.3, 0.4) is 0 Å². The minimum Gasteiger partial charge on any atom is -0.449 e. The zero-order valence-electron chi connectivity index (χ0n) is 17.7. The summed E-state index contributed by atoms with van der Waals surface area (Å²) in [5.74, 6) is 5.93. The minimum absolute atomic E-state index is 0.0377. The van der Waals surface area contributed by atoms with Crippen molar-refractivity contribution in [3.05, 3.63) is 94.0 Å². The van der Waals surface area contributed by atoms with Gasteiger partial charge in [0.05, 0.1) is 5.02 Å². The molecule has 0 heterocycles. The molecule has 160 valence electrons. The Morgan fingerprint density at radius 1 is 1.00 bits per heavy atom. The molecule has 4 rings (SSSR count). The second-order valence-electron chi connectivity index (χ2n) is 7.55. The molecule has 1 N–H and O–H groups in total. The van der Waals surface area contributed by atoms with Gasteiger partial charge in [-0.05, 0) is 47.4 Å². The number of benzene rings is 3. The number of fused-ring (bicyclic) bond motifs is 3. The molecule has 0 saturated heterocycles. The summed E-state index contributed by atoms with van der Waals surface area (Å²) in [6.07, 6.45) is 0.0125. The van der Waals surface area contributed by atoms with E-state index in [9.17, 15) is 9.59 Å². The van der Waals surface area contributed by atoms with Crippen molar-refractivity contribution in [2.75, 3.05) is 13.2 Å². The number of ketones is 1. The smallest absolute Gasteiger partial charge is 0.407 e. The monoisotopic (exact) mass is 443 g/mol. The van der Waals surface area contributed by atoms with Crippen molar-refractivity contribution in [1.82, 2.24) is 5.32 Å². The first-order valence-corrected chi connectivity index (χ1v) is 10.8. The number of ether oxygens (including phenoxy) is 1. The van der Waals surface area contributed by atoms with Crippen LogP contribution in [0.15, 0.2) is 66.7 Å². The number of hydrogen-bond donors (Lipinski definition) is 1. The number of carbonyl (C=O) groups excluding carboxylic acids is 2. The Hall–Kier alpha value is -3.55. The van der Waals surface area contributed by atoms with Gasteiger partial charge in [0.15, 0.2) is 5.78 Å². The first-order chi connectivity index (χ1) is 15.5. The molecule has 32 heavy (non-hydrogen) atoms. The molecule has 0 aliphatic heterocycles. The Kier molecular flexibility index (Phi) is 6.58. The fraction of sp³-hybridized carbons (Fsp3) is 0.185. The Bertz CT molecular complexity index is 1190. The van der Waals surface area contributed by atoms with E-state index in [-0.39, 0.29) is 18.3 Å². The predicted molar refractivity (Wildman–Crippen MR) is 126 cm³/mol. The van der Waals surface area contributed by atoms with Crippen LogP contribution in [0.5, 0.6) is 0 Å². The van der Waals surface area contributed by atoms with E-state index in [0.29, 0.717) is 23.6 Å². The number of amides is 1. The lowest BCUT2D eigenvalue weighted by atomic mass is 9.98. The molecule has 0 atom stereocenters. The zero-order valence-corrected chi connectivity index (χ0v) is 18.4. The summed E-state index contributed by atoms with van der Waals surface area (Å²) in [5.41, 5.74) is 5.96. The highest BCUT2D eigenvalue weighted by Crippen LogP contribution is 2.44. The molecule has 0 fully saturated rings. The Labute approximate surface area is 192 Å². The van der Waals surface area contributed by atoms with Gasteiger partial charge < -0.3 is 10.1 Å². The molecular weight excluding hydrogens is 422 g/mol. The van der Waals surface area contributed by atoms with E-state index in [1.54, 1.807) is 18.2 Å². The highest BCUT2D eigenvalue weighted by molar-refractivity contribution is 6.34. The number of carbonyl (C=O) groups is 2. The van der Waals surface area contributed by atoms with E-state index < -0.39 is 6.09 Å². The van der Waals surface area contributed by atoms with Crippen LogP contribution < -0.4 is 5.32 Å². The fourth-order valence-electron chi connectivity index (χ4n) is 3.92. The number of halogens is 1. The van der Waals surface area contributed by atoms with Crippen molar-refractivity contribution in [3.8, 4) is 23.0 Å². The van der Waals surface area contributed by atoms with E-state index in [0.717, 1.165) is 5.56 Å². The summed E-state index contributed by atoms with van der Waals surface area (Å²) < 4.78 is 5.51. The normalized spacial score (nSPS) is 11.7. The van der Waals surface area contributed by atoms with Crippen molar-refractivity contribution in [2.45, 2.75) is 19.3 Å². The molecule has 0 spiro atoms. The van der Waals surface area contributed by atoms with E-state index in [1.165, 1.54) is 29.2 Å². The van der Waals surface area contributed by atoms with Crippen LogP contribution in [0.25, 0.3) is 11.1 Å². The van der Waals surface area contributed by atoms with Crippen LogP contribution in [-0.2, 0) is 4.74 Å². The Morgan fingerprint density at radius 3 is 2.28 bits per heavy atom. The molecule has 3 aromatic rings. The lowest BCUT2D eigenvalue weighted by Crippen LogP contribution is -2.26. The van der Waals surface area contributed by atoms with Gasteiger partial charge in [0, 0.05) is 30.0 Å². The average molecular weight is 444 g/mol. The molecular formula is C27H22ClNO3. The Morgan fingerprint density at radius 2 is 1.66 bits per heavy atom. The largest absolute Gasteiger partial charge is 0.449 e. The number of alkyl carbamates (subject to hydrolysis) is 1. The zero-order chi connectivity index (χ0) is 22.5. The number of hydrogen-bond acceptors (Lipinski definition) is 3. The van der Waals surface area contributed by atoms with Gasteiger partial charge in [0.1, 0.15) is 6.61 Å². The van der Waals surface area contributed by atoms with Crippen LogP contribution in [0.2, 0.25) is 5.02 Å². The number of nitrogens with one attached hydrogen (secondary N) is 1. The second-order valence-corrected chi connectivity index (χ2v) is 7.96. The van der Waals surface area contributed by atoms with Crippen LogP contribution in [0.4, 0.5) is 4.79 Å². The van der Waals surface area contributed by atoms with Gasteiger partial charge in [-0.15, -0.1) is 0 Å². The maximum atomic E-state index is 12.2. The lowest BCUT2D eigenvalue weighted by molar-refractivity contribution is 0.101. The maximum absolute atomic E-state index is 12.2. The third-order valence-corrected chi connectivity index (χ3v) is 5.76. The molecule has 0 aromatic heterocycles. The SMILES string of the molecule is CC(=O)c1ccc(C#CCCNC(=O)OCC2c3ccccc3-c3ccccc32)cc1Cl. The van der Waals surface area contributed by atoms with Crippen LogP contribution >= 0.6 is 11.6 Å². The summed E-state index contributed by atoms with van der Waals surface area (Å²) in [5, 5.41) is 3.13. The highest BCUT2D eigenvalue weighted by Gasteiger charge is 2.28. The minimum atomic E-state index is -0.456. The molecule has 5 heteroatoms. The number of rotatable bonds is 5. The van der Waals surface area contributed by atoms with Gasteiger partial charge in [-0.3, -0.25) is 4.79 Å². The van der Waals surface area contributed by atoms with Gasteiger partial charge in [-0.25, -0.2) is 4.79 Å². The van der Waals surface area contributed by atoms with E-state index in [4.69, 9.17) is 16.3 Å². The summed E-state index contributed by atoms with van der Waals surface area (Å²) in [4.78, 5) is 23.6. The van der Waals surface area contributed by atoms with Crippen molar-refractivity contribution in [1.29, 1.82) is 0 Å². The standard InChI is InChI=1S/C27H22ClNO3/c1-18(30)20-14-13-19(16-26(20)28)8-6-7-15-29-27(31)32-17-25-23-11-4-2-9-21(23)22-10-3-5-12-24(22)25/h2-5,9-14,16,25H,7,15,17H2,1H3,(H,29,31). The molecule has 1 aliphatic rings. The molecule has 0 unspecified atom stereocenters. The van der Waals surface area contributed by atoms with Gasteiger partial charge >= 0.3 is 6.09 Å². The molecule has 0 bridgehead atoms. The van der Waals surface area contributed by atoms with E-state index in [1.807, 2.05) is 24.3 Å². The molecule has 3 aromatic carbocycles. The first kappa shape index (κ1) is 21.7.